The maximum absolute atomic E-state index is 11.1. The van der Waals surface area contributed by atoms with Crippen molar-refractivity contribution in [1.82, 2.24) is 9.97 Å². The van der Waals surface area contributed by atoms with E-state index >= 15 is 0 Å². The first-order valence-electron chi connectivity index (χ1n) is 7.63. The maximum Gasteiger partial charge on any atom is 0.329 e. The van der Waals surface area contributed by atoms with Crippen LogP contribution in [0.5, 0.6) is 0 Å². The molecule has 1 aromatic heterocycles. The topological polar surface area (TPSA) is 93.0 Å². The van der Waals surface area contributed by atoms with Crippen LogP contribution in [0.25, 0.3) is 0 Å². The van der Waals surface area contributed by atoms with Crippen LogP contribution in [-0.2, 0) is 0 Å². The molecule has 21 heavy (non-hydrogen) atoms. The molecule has 116 valence electrons. The number of anilines is 2. The smallest absolute Gasteiger partial charge is 0.329 e. The molecule has 7 nitrogen and oxygen atoms in total. The van der Waals surface area contributed by atoms with Crippen LogP contribution >= 0.6 is 0 Å². The minimum Gasteiger partial charge on any atom is -0.361 e. The predicted molar refractivity (Wildman–Crippen MR) is 82.5 cm³/mol. The standard InChI is InChI=1S/C14H23N5O2/c1-3-8-15-14-16-9-12(19(20)21)13(18-14)17-11-7-5-4-6-10(11)2/h9-11H,3-8H2,1-2H3,(H2,15,16,17,18). The molecule has 0 spiro atoms. The Morgan fingerprint density at radius 2 is 2.19 bits per heavy atom. The summed E-state index contributed by atoms with van der Waals surface area (Å²) in [6.07, 6.45) is 6.79. The zero-order valence-electron chi connectivity index (χ0n) is 12.6. The lowest BCUT2D eigenvalue weighted by molar-refractivity contribution is -0.384. The summed E-state index contributed by atoms with van der Waals surface area (Å²) in [6.45, 7) is 4.97. The van der Waals surface area contributed by atoms with Crippen molar-refractivity contribution in [3.63, 3.8) is 0 Å². The van der Waals surface area contributed by atoms with Crippen LogP contribution in [0.15, 0.2) is 6.20 Å². The molecule has 1 fully saturated rings. The largest absolute Gasteiger partial charge is 0.361 e. The maximum atomic E-state index is 11.1. The third-order valence-electron chi connectivity index (χ3n) is 3.93. The fourth-order valence-electron chi connectivity index (χ4n) is 2.64. The zero-order valence-corrected chi connectivity index (χ0v) is 12.6. The zero-order chi connectivity index (χ0) is 15.2. The summed E-state index contributed by atoms with van der Waals surface area (Å²) in [5, 5.41) is 17.5. The third-order valence-corrected chi connectivity index (χ3v) is 3.93. The molecule has 2 unspecified atom stereocenters. The van der Waals surface area contributed by atoms with Crippen LogP contribution in [-0.4, -0.2) is 27.5 Å². The van der Waals surface area contributed by atoms with Crippen LogP contribution in [0.2, 0.25) is 0 Å². The van der Waals surface area contributed by atoms with E-state index in [-0.39, 0.29) is 11.7 Å². The molecule has 0 saturated heterocycles. The summed E-state index contributed by atoms with van der Waals surface area (Å²) >= 11 is 0. The van der Waals surface area contributed by atoms with Gasteiger partial charge in [0.05, 0.1) is 4.92 Å². The average Bonchev–Trinajstić information content (AvgIpc) is 2.47. The van der Waals surface area contributed by atoms with Crippen LogP contribution in [0, 0.1) is 16.0 Å². The molecule has 0 aromatic carbocycles. The summed E-state index contributed by atoms with van der Waals surface area (Å²) in [6, 6.07) is 0.242. The fourth-order valence-corrected chi connectivity index (χ4v) is 2.64. The summed E-state index contributed by atoms with van der Waals surface area (Å²) in [4.78, 5) is 19.0. The van der Waals surface area contributed by atoms with Crippen molar-refractivity contribution in [2.45, 2.75) is 52.0 Å². The first-order valence-corrected chi connectivity index (χ1v) is 7.63. The van der Waals surface area contributed by atoms with Gasteiger partial charge in [0, 0.05) is 12.6 Å². The molecule has 1 aromatic rings. The molecule has 7 heteroatoms. The Balaban J connectivity index is 2.19. The Hall–Kier alpha value is -1.92. The number of nitrogens with one attached hydrogen (secondary N) is 2. The lowest BCUT2D eigenvalue weighted by atomic mass is 9.86. The Bertz CT molecular complexity index is 494. The molecule has 0 aliphatic heterocycles. The van der Waals surface area contributed by atoms with Crippen molar-refractivity contribution in [1.29, 1.82) is 0 Å². The van der Waals surface area contributed by atoms with E-state index in [1.165, 1.54) is 12.6 Å². The quantitative estimate of drug-likeness (QED) is 0.618. The second kappa shape index (κ2) is 7.19. The van der Waals surface area contributed by atoms with Gasteiger partial charge >= 0.3 is 5.69 Å². The number of nitrogens with zero attached hydrogens (tertiary/aromatic N) is 3. The van der Waals surface area contributed by atoms with E-state index < -0.39 is 4.92 Å². The summed E-state index contributed by atoms with van der Waals surface area (Å²) in [5.41, 5.74) is -0.0604. The van der Waals surface area contributed by atoms with E-state index in [0.29, 0.717) is 17.7 Å². The minimum absolute atomic E-state index is 0.0604. The van der Waals surface area contributed by atoms with Crippen LogP contribution < -0.4 is 10.6 Å². The van der Waals surface area contributed by atoms with Crippen molar-refractivity contribution in [3.8, 4) is 0 Å². The third kappa shape index (κ3) is 4.03. The first-order chi connectivity index (χ1) is 10.1. The van der Waals surface area contributed by atoms with Crippen LogP contribution in [0.4, 0.5) is 17.5 Å². The highest BCUT2D eigenvalue weighted by Crippen LogP contribution is 2.29. The monoisotopic (exact) mass is 293 g/mol. The van der Waals surface area contributed by atoms with Crippen molar-refractivity contribution in [2.75, 3.05) is 17.2 Å². The molecule has 1 aliphatic rings. The van der Waals surface area contributed by atoms with Crippen LogP contribution in [0.3, 0.4) is 0 Å². The van der Waals surface area contributed by atoms with Crippen molar-refractivity contribution >= 4 is 17.5 Å². The summed E-state index contributed by atoms with van der Waals surface area (Å²) < 4.78 is 0. The number of hydrogen-bond donors (Lipinski definition) is 2. The molecule has 0 amide bonds. The van der Waals surface area contributed by atoms with Crippen molar-refractivity contribution in [3.05, 3.63) is 16.3 Å². The van der Waals surface area contributed by atoms with Crippen molar-refractivity contribution < 1.29 is 4.92 Å². The number of rotatable bonds is 6. The van der Waals surface area contributed by atoms with Gasteiger partial charge in [-0.15, -0.1) is 0 Å². The molecule has 0 bridgehead atoms. The van der Waals surface area contributed by atoms with E-state index in [4.69, 9.17) is 0 Å². The summed E-state index contributed by atoms with van der Waals surface area (Å²) in [7, 11) is 0. The lowest BCUT2D eigenvalue weighted by Crippen LogP contribution is -2.31. The Morgan fingerprint density at radius 1 is 1.43 bits per heavy atom. The van der Waals surface area contributed by atoms with Crippen LogP contribution in [0.1, 0.15) is 46.0 Å². The lowest BCUT2D eigenvalue weighted by Gasteiger charge is -2.29. The molecular weight excluding hydrogens is 270 g/mol. The molecule has 2 rings (SSSR count). The highest BCUT2D eigenvalue weighted by atomic mass is 16.6. The van der Waals surface area contributed by atoms with Gasteiger partial charge in [0.2, 0.25) is 11.8 Å². The Labute approximate surface area is 124 Å². The van der Waals surface area contributed by atoms with E-state index in [1.54, 1.807) is 0 Å². The van der Waals surface area contributed by atoms with Gasteiger partial charge in [-0.1, -0.05) is 26.7 Å². The van der Waals surface area contributed by atoms with E-state index in [0.717, 1.165) is 32.2 Å². The van der Waals surface area contributed by atoms with E-state index in [1.807, 2.05) is 6.92 Å². The molecule has 1 aliphatic carbocycles. The highest BCUT2D eigenvalue weighted by Gasteiger charge is 2.25. The fraction of sp³-hybridized carbons (Fsp3) is 0.714. The summed E-state index contributed by atoms with van der Waals surface area (Å²) in [5.74, 6) is 1.26. The van der Waals surface area contributed by atoms with Crippen molar-refractivity contribution in [2.24, 2.45) is 5.92 Å². The molecule has 1 saturated carbocycles. The first kappa shape index (κ1) is 15.5. The van der Waals surface area contributed by atoms with Gasteiger partial charge in [-0.05, 0) is 25.2 Å². The van der Waals surface area contributed by atoms with Gasteiger partial charge in [0.15, 0.2) is 0 Å². The Morgan fingerprint density at radius 3 is 2.86 bits per heavy atom. The highest BCUT2D eigenvalue weighted by molar-refractivity contribution is 5.57. The average molecular weight is 293 g/mol. The minimum atomic E-state index is -0.431. The molecule has 2 N–H and O–H groups in total. The molecule has 0 radical (unpaired) electrons. The second-order valence-corrected chi connectivity index (χ2v) is 5.62. The van der Waals surface area contributed by atoms with Gasteiger partial charge in [-0.3, -0.25) is 10.1 Å². The van der Waals surface area contributed by atoms with Gasteiger partial charge < -0.3 is 10.6 Å². The normalized spacial score (nSPS) is 21.8. The predicted octanol–water partition coefficient (Wildman–Crippen LogP) is 3.20. The van der Waals surface area contributed by atoms with E-state index in [9.17, 15) is 10.1 Å². The molecule has 2 atom stereocenters. The van der Waals surface area contributed by atoms with Gasteiger partial charge in [-0.25, -0.2) is 4.98 Å². The van der Waals surface area contributed by atoms with E-state index in [2.05, 4.69) is 27.5 Å². The molecule has 1 heterocycles. The van der Waals surface area contributed by atoms with Gasteiger partial charge in [-0.2, -0.15) is 4.98 Å². The van der Waals surface area contributed by atoms with Gasteiger partial charge in [0.25, 0.3) is 0 Å². The SMILES string of the molecule is CCCNc1ncc([N+](=O)[O-])c(NC2CCCCC2C)n1. The Kier molecular flexibility index (Phi) is 5.30. The van der Waals surface area contributed by atoms with Gasteiger partial charge in [0.1, 0.15) is 6.20 Å². The molecular formula is C14H23N5O2. The number of aromatic nitrogens is 2. The number of hydrogen-bond acceptors (Lipinski definition) is 6. The number of nitro groups is 1. The second-order valence-electron chi connectivity index (χ2n) is 5.62.